The van der Waals surface area contributed by atoms with E-state index in [1.807, 2.05) is 37.3 Å². The molecule has 0 radical (unpaired) electrons. The zero-order valence-electron chi connectivity index (χ0n) is 10.2. The zero-order valence-corrected chi connectivity index (χ0v) is 10.2. The lowest BCUT2D eigenvalue weighted by Crippen LogP contribution is -2.42. The first kappa shape index (κ1) is 12.1. The second-order valence-corrected chi connectivity index (χ2v) is 4.46. The van der Waals surface area contributed by atoms with Crippen molar-refractivity contribution in [1.29, 1.82) is 0 Å². The summed E-state index contributed by atoms with van der Waals surface area (Å²) in [5, 5.41) is 9.56. The van der Waals surface area contributed by atoms with Crippen molar-refractivity contribution in [2.24, 2.45) is 0 Å². The summed E-state index contributed by atoms with van der Waals surface area (Å²) in [4.78, 5) is 15.3. The Hall–Kier alpha value is -1.39. The van der Waals surface area contributed by atoms with Crippen LogP contribution in [0.2, 0.25) is 0 Å². The summed E-state index contributed by atoms with van der Waals surface area (Å²) in [5.41, 5.74) is 1.18. The van der Waals surface area contributed by atoms with Crippen LogP contribution in [0, 0.1) is 0 Å². The van der Waals surface area contributed by atoms with Crippen molar-refractivity contribution in [2.45, 2.75) is 32.8 Å². The molecule has 0 aromatic heterocycles. The van der Waals surface area contributed by atoms with Crippen molar-refractivity contribution in [3.63, 3.8) is 0 Å². The summed E-state index contributed by atoms with van der Waals surface area (Å²) in [6.45, 7) is 4.68. The molecule has 2 atom stereocenters. The van der Waals surface area contributed by atoms with E-state index in [0.717, 1.165) is 6.54 Å². The number of benzene rings is 1. The number of aliphatic hydroxyl groups is 1. The third-order valence-corrected chi connectivity index (χ3v) is 3.19. The molecule has 2 unspecified atom stereocenters. The summed E-state index contributed by atoms with van der Waals surface area (Å²) in [6, 6.07) is 10.0. The number of rotatable bonds is 3. The molecule has 0 saturated carbocycles. The largest absolute Gasteiger partial charge is 0.374 e. The van der Waals surface area contributed by atoms with Gasteiger partial charge in [-0.25, -0.2) is 0 Å². The topological polar surface area (TPSA) is 43.8 Å². The van der Waals surface area contributed by atoms with Crippen LogP contribution in [0.1, 0.15) is 19.4 Å². The quantitative estimate of drug-likeness (QED) is 0.849. The monoisotopic (exact) mass is 234 g/mol. The maximum Gasteiger partial charge on any atom is 0.240 e. The molecule has 1 saturated heterocycles. The highest BCUT2D eigenvalue weighted by atomic mass is 16.3. The van der Waals surface area contributed by atoms with Crippen LogP contribution >= 0.6 is 0 Å². The Morgan fingerprint density at radius 3 is 2.59 bits per heavy atom. The minimum absolute atomic E-state index is 0.0107. The number of carbonyl (C=O) groups is 1. The molecule has 1 amide bonds. The SMILES string of the molecule is CC(O)N1C(=O)CN(Cc2ccccc2)C1C. The van der Waals surface area contributed by atoms with Gasteiger partial charge in [-0.15, -0.1) is 0 Å². The van der Waals surface area contributed by atoms with Gasteiger partial charge in [-0.3, -0.25) is 9.69 Å². The number of hydrogen-bond donors (Lipinski definition) is 1. The molecule has 1 heterocycles. The van der Waals surface area contributed by atoms with E-state index in [1.54, 1.807) is 6.92 Å². The van der Waals surface area contributed by atoms with Gasteiger partial charge < -0.3 is 10.0 Å². The maximum absolute atomic E-state index is 11.8. The van der Waals surface area contributed by atoms with Gasteiger partial charge in [-0.2, -0.15) is 0 Å². The predicted octanol–water partition coefficient (Wildman–Crippen LogP) is 1.02. The Balaban J connectivity index is 2.07. The van der Waals surface area contributed by atoms with Crippen LogP contribution in [0.15, 0.2) is 30.3 Å². The van der Waals surface area contributed by atoms with Crippen LogP contribution < -0.4 is 0 Å². The van der Waals surface area contributed by atoms with Gasteiger partial charge in [-0.05, 0) is 19.4 Å². The second-order valence-electron chi connectivity index (χ2n) is 4.46. The average molecular weight is 234 g/mol. The fourth-order valence-electron chi connectivity index (χ4n) is 2.30. The first-order valence-electron chi connectivity index (χ1n) is 5.87. The molecule has 4 nitrogen and oxygen atoms in total. The van der Waals surface area contributed by atoms with Crippen LogP contribution in [-0.4, -0.2) is 39.8 Å². The molecule has 1 fully saturated rings. The van der Waals surface area contributed by atoms with E-state index in [1.165, 1.54) is 10.5 Å². The summed E-state index contributed by atoms with van der Waals surface area (Å²) in [6.07, 6.45) is -0.777. The number of amides is 1. The van der Waals surface area contributed by atoms with Gasteiger partial charge in [0.1, 0.15) is 6.23 Å². The van der Waals surface area contributed by atoms with Crippen molar-refractivity contribution in [3.8, 4) is 0 Å². The van der Waals surface area contributed by atoms with Crippen LogP contribution in [-0.2, 0) is 11.3 Å². The Morgan fingerprint density at radius 2 is 2.06 bits per heavy atom. The van der Waals surface area contributed by atoms with Gasteiger partial charge in [0.05, 0.1) is 12.7 Å². The van der Waals surface area contributed by atoms with Crippen molar-refractivity contribution in [3.05, 3.63) is 35.9 Å². The summed E-state index contributed by atoms with van der Waals surface area (Å²) >= 11 is 0. The van der Waals surface area contributed by atoms with E-state index in [4.69, 9.17) is 0 Å². The average Bonchev–Trinajstić information content (AvgIpc) is 2.55. The lowest BCUT2D eigenvalue weighted by atomic mass is 10.2. The van der Waals surface area contributed by atoms with Crippen molar-refractivity contribution in [1.82, 2.24) is 9.80 Å². The number of aliphatic hydroxyl groups excluding tert-OH is 1. The van der Waals surface area contributed by atoms with Gasteiger partial charge >= 0.3 is 0 Å². The van der Waals surface area contributed by atoms with Gasteiger partial charge in [0.2, 0.25) is 5.91 Å². The van der Waals surface area contributed by atoms with E-state index in [9.17, 15) is 9.90 Å². The number of hydrogen-bond acceptors (Lipinski definition) is 3. The van der Waals surface area contributed by atoms with Crippen LogP contribution in [0.4, 0.5) is 0 Å². The van der Waals surface area contributed by atoms with Gasteiger partial charge in [0, 0.05) is 6.54 Å². The fourth-order valence-corrected chi connectivity index (χ4v) is 2.30. The van der Waals surface area contributed by atoms with Crippen molar-refractivity contribution < 1.29 is 9.90 Å². The molecule has 1 aliphatic rings. The molecule has 92 valence electrons. The van der Waals surface area contributed by atoms with Gasteiger partial charge in [0.15, 0.2) is 0 Å². The van der Waals surface area contributed by atoms with Gasteiger partial charge in [-0.1, -0.05) is 30.3 Å². The molecule has 0 aliphatic carbocycles. The Morgan fingerprint density at radius 1 is 1.41 bits per heavy atom. The Bertz CT molecular complexity index is 392. The highest BCUT2D eigenvalue weighted by Crippen LogP contribution is 2.20. The van der Waals surface area contributed by atoms with Gasteiger partial charge in [0.25, 0.3) is 0 Å². The third kappa shape index (κ3) is 2.48. The smallest absolute Gasteiger partial charge is 0.240 e. The highest BCUT2D eigenvalue weighted by Gasteiger charge is 2.36. The molecule has 17 heavy (non-hydrogen) atoms. The molecule has 2 rings (SSSR count). The molecule has 1 N–H and O–H groups in total. The third-order valence-electron chi connectivity index (χ3n) is 3.19. The van der Waals surface area contributed by atoms with Crippen LogP contribution in [0.5, 0.6) is 0 Å². The summed E-state index contributed by atoms with van der Waals surface area (Å²) in [5.74, 6) is -0.0107. The molecule has 1 aliphatic heterocycles. The summed E-state index contributed by atoms with van der Waals surface area (Å²) < 4.78 is 0. The zero-order chi connectivity index (χ0) is 12.4. The van der Waals surface area contributed by atoms with Crippen molar-refractivity contribution >= 4 is 5.91 Å². The van der Waals surface area contributed by atoms with Crippen LogP contribution in [0.25, 0.3) is 0 Å². The van der Waals surface area contributed by atoms with E-state index >= 15 is 0 Å². The first-order chi connectivity index (χ1) is 8.09. The minimum Gasteiger partial charge on any atom is -0.374 e. The normalized spacial score (nSPS) is 23.1. The lowest BCUT2D eigenvalue weighted by molar-refractivity contribution is -0.136. The first-order valence-corrected chi connectivity index (χ1v) is 5.87. The fraction of sp³-hybridized carbons (Fsp3) is 0.462. The molecular weight excluding hydrogens is 216 g/mol. The molecule has 1 aromatic carbocycles. The lowest BCUT2D eigenvalue weighted by Gasteiger charge is -2.28. The van der Waals surface area contributed by atoms with Crippen LogP contribution in [0.3, 0.4) is 0 Å². The molecule has 0 spiro atoms. The Labute approximate surface area is 101 Å². The van der Waals surface area contributed by atoms with E-state index < -0.39 is 6.23 Å². The van der Waals surface area contributed by atoms with E-state index in [0.29, 0.717) is 6.54 Å². The molecule has 1 aromatic rings. The maximum atomic E-state index is 11.8. The predicted molar refractivity (Wildman–Crippen MR) is 64.8 cm³/mol. The van der Waals surface area contributed by atoms with E-state index in [-0.39, 0.29) is 12.1 Å². The van der Waals surface area contributed by atoms with E-state index in [2.05, 4.69) is 4.90 Å². The minimum atomic E-state index is -0.724. The van der Waals surface area contributed by atoms with Crippen molar-refractivity contribution in [2.75, 3.05) is 6.54 Å². The highest BCUT2D eigenvalue weighted by molar-refractivity contribution is 5.80. The Kier molecular flexibility index (Phi) is 3.45. The molecular formula is C13H18N2O2. The standard InChI is InChI=1S/C13H18N2O2/c1-10-14(8-12-6-4-3-5-7-12)9-13(17)15(10)11(2)16/h3-7,10-11,16H,8-9H2,1-2H3. The number of nitrogens with zero attached hydrogens (tertiary/aromatic N) is 2. The number of carbonyl (C=O) groups excluding carboxylic acids is 1. The second kappa shape index (κ2) is 4.85. The molecule has 4 heteroatoms. The summed E-state index contributed by atoms with van der Waals surface area (Å²) in [7, 11) is 0. The molecule has 0 bridgehead atoms.